The first-order valence-corrected chi connectivity index (χ1v) is 12.6. The van der Waals surface area contributed by atoms with Gasteiger partial charge < -0.3 is 15.0 Å². The fourth-order valence-corrected chi connectivity index (χ4v) is 4.94. The Morgan fingerprint density at radius 1 is 1.06 bits per heavy atom. The average molecular weight is 529 g/mol. The number of hydrogen-bond acceptors (Lipinski definition) is 4. The minimum Gasteiger partial charge on any atom is -0.497 e. The molecule has 188 valence electrons. The second-order valence-electron chi connectivity index (χ2n) is 9.22. The molecule has 3 aromatic rings. The van der Waals surface area contributed by atoms with E-state index in [1.807, 2.05) is 6.92 Å². The van der Waals surface area contributed by atoms with Crippen LogP contribution in [0, 0.1) is 5.92 Å². The van der Waals surface area contributed by atoms with E-state index < -0.39 is 0 Å². The normalized spacial score (nSPS) is 15.8. The first kappa shape index (κ1) is 24.5. The summed E-state index contributed by atoms with van der Waals surface area (Å²) in [5.74, 6) is 0.505. The Hall–Kier alpha value is -3.23. The second-order valence-corrected chi connectivity index (χ2v) is 10.0. The van der Waals surface area contributed by atoms with Gasteiger partial charge in [0, 0.05) is 24.7 Å². The Kier molecular flexibility index (Phi) is 6.57. The molecule has 1 aliphatic heterocycles. The van der Waals surface area contributed by atoms with E-state index in [1.54, 1.807) is 53.0 Å². The highest BCUT2D eigenvalue weighted by Crippen LogP contribution is 2.33. The van der Waals surface area contributed by atoms with Gasteiger partial charge in [-0.2, -0.15) is 0 Å². The van der Waals surface area contributed by atoms with Gasteiger partial charge in [-0.15, -0.1) is 0 Å². The van der Waals surface area contributed by atoms with Gasteiger partial charge >= 0.3 is 5.69 Å². The van der Waals surface area contributed by atoms with Gasteiger partial charge in [-0.25, -0.2) is 4.79 Å². The van der Waals surface area contributed by atoms with Crippen molar-refractivity contribution in [1.29, 1.82) is 0 Å². The van der Waals surface area contributed by atoms with Crippen molar-refractivity contribution < 1.29 is 14.3 Å². The number of fused-ring (bicyclic) bond motifs is 1. The lowest BCUT2D eigenvalue weighted by atomic mass is 10.1. The number of carbonyl (C=O) groups excluding carboxylic acids is 2. The molecular weight excluding hydrogens is 503 g/mol. The number of halogens is 2. The maximum Gasteiger partial charge on any atom is 0.333 e. The standard InChI is InChI=1S/C26H26Cl2N4O4/c1-15(16-3-4-16)29-24(33)23-22-14-30(25(34)17-5-10-20(27)21(28)13-17)11-12-31(22)26(35)32(23)18-6-8-19(36-2)9-7-18/h5-10,13,15-16H,3-4,11-12,14H2,1-2H3,(H,29,33)/t15-/m1/s1. The number of ether oxygens (including phenoxy) is 1. The van der Waals surface area contributed by atoms with Crippen LogP contribution in [-0.4, -0.2) is 45.5 Å². The lowest BCUT2D eigenvalue weighted by Crippen LogP contribution is -2.41. The molecule has 2 aromatic carbocycles. The first-order chi connectivity index (χ1) is 17.3. The highest BCUT2D eigenvalue weighted by molar-refractivity contribution is 6.42. The molecule has 0 radical (unpaired) electrons. The van der Waals surface area contributed by atoms with E-state index in [1.165, 1.54) is 10.6 Å². The Morgan fingerprint density at radius 3 is 2.42 bits per heavy atom. The number of carbonyl (C=O) groups is 2. The molecule has 36 heavy (non-hydrogen) atoms. The monoisotopic (exact) mass is 528 g/mol. The van der Waals surface area contributed by atoms with E-state index in [0.717, 1.165) is 12.8 Å². The predicted octanol–water partition coefficient (Wildman–Crippen LogP) is 4.14. The Balaban J connectivity index is 1.55. The first-order valence-electron chi connectivity index (χ1n) is 11.8. The number of nitrogens with zero attached hydrogens (tertiary/aromatic N) is 3. The molecule has 0 bridgehead atoms. The van der Waals surface area contributed by atoms with E-state index in [-0.39, 0.29) is 47.4 Å². The number of methoxy groups -OCH3 is 1. The Bertz CT molecular complexity index is 1390. The number of benzene rings is 2. The summed E-state index contributed by atoms with van der Waals surface area (Å²) in [7, 11) is 1.57. The van der Waals surface area contributed by atoms with E-state index in [9.17, 15) is 14.4 Å². The molecule has 1 aromatic heterocycles. The van der Waals surface area contributed by atoms with Crippen LogP contribution in [0.5, 0.6) is 5.75 Å². The summed E-state index contributed by atoms with van der Waals surface area (Å²) in [5, 5.41) is 3.72. The van der Waals surface area contributed by atoms with Crippen LogP contribution in [-0.2, 0) is 13.1 Å². The van der Waals surface area contributed by atoms with Gasteiger partial charge in [0.05, 0.1) is 35.1 Å². The van der Waals surface area contributed by atoms with E-state index in [2.05, 4.69) is 5.32 Å². The molecular formula is C26H26Cl2N4O4. The summed E-state index contributed by atoms with van der Waals surface area (Å²) in [6.45, 7) is 2.67. The highest BCUT2D eigenvalue weighted by atomic mass is 35.5. The van der Waals surface area contributed by atoms with Crippen LogP contribution in [0.2, 0.25) is 10.0 Å². The summed E-state index contributed by atoms with van der Waals surface area (Å²) in [6, 6.07) is 11.7. The smallest absolute Gasteiger partial charge is 0.333 e. The van der Waals surface area contributed by atoms with Crippen molar-refractivity contribution in [1.82, 2.24) is 19.4 Å². The van der Waals surface area contributed by atoms with Gasteiger partial charge in [-0.05, 0) is 68.1 Å². The fourth-order valence-electron chi connectivity index (χ4n) is 4.64. The molecule has 0 unspecified atom stereocenters. The van der Waals surface area contributed by atoms with Gasteiger partial charge in [-0.1, -0.05) is 23.2 Å². The minimum absolute atomic E-state index is 0.00926. The highest BCUT2D eigenvalue weighted by Gasteiger charge is 2.35. The number of amides is 2. The van der Waals surface area contributed by atoms with Crippen molar-refractivity contribution in [3.8, 4) is 11.4 Å². The molecule has 1 aliphatic carbocycles. The number of aromatic nitrogens is 2. The van der Waals surface area contributed by atoms with Crippen LogP contribution >= 0.6 is 23.2 Å². The third-order valence-electron chi connectivity index (χ3n) is 6.87. The number of rotatable bonds is 6. The molecule has 1 saturated carbocycles. The van der Waals surface area contributed by atoms with Crippen LogP contribution in [0.25, 0.3) is 5.69 Å². The van der Waals surface area contributed by atoms with E-state index in [0.29, 0.717) is 40.2 Å². The molecule has 8 nitrogen and oxygen atoms in total. The van der Waals surface area contributed by atoms with Crippen molar-refractivity contribution in [2.24, 2.45) is 5.92 Å². The maximum absolute atomic E-state index is 13.6. The molecule has 1 N–H and O–H groups in total. The van der Waals surface area contributed by atoms with Crippen molar-refractivity contribution in [2.75, 3.05) is 13.7 Å². The molecule has 1 atom stereocenters. The van der Waals surface area contributed by atoms with Crippen molar-refractivity contribution in [3.63, 3.8) is 0 Å². The van der Waals surface area contributed by atoms with Gasteiger partial charge in [0.1, 0.15) is 11.4 Å². The molecule has 0 spiro atoms. The van der Waals surface area contributed by atoms with Crippen LogP contribution in [0.1, 0.15) is 46.3 Å². The summed E-state index contributed by atoms with van der Waals surface area (Å²) in [5.41, 5.74) is 1.36. The van der Waals surface area contributed by atoms with Gasteiger partial charge in [-0.3, -0.25) is 18.7 Å². The lowest BCUT2D eigenvalue weighted by molar-refractivity contribution is 0.0706. The van der Waals surface area contributed by atoms with Crippen LogP contribution in [0.15, 0.2) is 47.3 Å². The van der Waals surface area contributed by atoms with Crippen LogP contribution in [0.4, 0.5) is 0 Å². The molecule has 2 aliphatic rings. The third-order valence-corrected chi connectivity index (χ3v) is 7.61. The van der Waals surface area contributed by atoms with Crippen molar-refractivity contribution >= 4 is 35.0 Å². The van der Waals surface area contributed by atoms with E-state index >= 15 is 0 Å². The fraction of sp³-hybridized carbons (Fsp3) is 0.346. The zero-order chi connectivity index (χ0) is 25.6. The number of imidazole rings is 1. The maximum atomic E-state index is 13.6. The largest absolute Gasteiger partial charge is 0.497 e. The predicted molar refractivity (Wildman–Crippen MR) is 137 cm³/mol. The number of hydrogen-bond donors (Lipinski definition) is 1. The third kappa shape index (κ3) is 4.51. The summed E-state index contributed by atoms with van der Waals surface area (Å²) < 4.78 is 8.26. The molecule has 1 fully saturated rings. The zero-order valence-corrected chi connectivity index (χ0v) is 21.5. The number of nitrogens with one attached hydrogen (secondary N) is 1. The quantitative estimate of drug-likeness (QED) is 0.520. The Labute approximate surface area is 218 Å². The lowest BCUT2D eigenvalue weighted by Gasteiger charge is -2.28. The molecule has 5 rings (SSSR count). The zero-order valence-electron chi connectivity index (χ0n) is 20.0. The summed E-state index contributed by atoms with van der Waals surface area (Å²) in [6.07, 6.45) is 2.15. The molecule has 10 heteroatoms. The second kappa shape index (κ2) is 9.67. The van der Waals surface area contributed by atoms with Crippen molar-refractivity contribution in [2.45, 2.75) is 38.9 Å². The van der Waals surface area contributed by atoms with E-state index in [4.69, 9.17) is 27.9 Å². The Morgan fingerprint density at radius 2 is 1.78 bits per heavy atom. The molecule has 2 amide bonds. The van der Waals surface area contributed by atoms with Crippen LogP contribution < -0.4 is 15.7 Å². The van der Waals surface area contributed by atoms with Crippen molar-refractivity contribution in [3.05, 3.63) is 79.9 Å². The summed E-state index contributed by atoms with van der Waals surface area (Å²) >= 11 is 12.1. The minimum atomic E-state index is -0.333. The SMILES string of the molecule is COc1ccc(-n2c(C(=O)N[C@H](C)C3CC3)c3n(c2=O)CCN(C(=O)c2ccc(Cl)c(Cl)c2)C3)cc1. The average Bonchev–Trinajstić information content (AvgIpc) is 3.69. The summed E-state index contributed by atoms with van der Waals surface area (Å²) in [4.78, 5) is 42.0. The van der Waals surface area contributed by atoms with Gasteiger partial charge in [0.15, 0.2) is 0 Å². The van der Waals surface area contributed by atoms with Gasteiger partial charge in [0.25, 0.3) is 11.8 Å². The molecule has 0 saturated heterocycles. The van der Waals surface area contributed by atoms with Gasteiger partial charge in [0.2, 0.25) is 0 Å². The topological polar surface area (TPSA) is 85.6 Å². The van der Waals surface area contributed by atoms with Crippen LogP contribution in [0.3, 0.4) is 0 Å². The molecule has 2 heterocycles.